The van der Waals surface area contributed by atoms with Crippen LogP contribution in [0, 0.1) is 5.21 Å². The largest absolute Gasteiger partial charge is 0.633 e. The van der Waals surface area contributed by atoms with Gasteiger partial charge in [-0.2, -0.15) is 0 Å². The molecule has 1 unspecified atom stereocenters. The molecule has 2 N–H and O–H groups in total. The molecule has 0 aromatic heterocycles. The molecule has 0 aliphatic rings. The van der Waals surface area contributed by atoms with Gasteiger partial charge in [-0.3, -0.25) is 0 Å². The molecule has 20 heavy (non-hydrogen) atoms. The molecule has 122 valence electrons. The summed E-state index contributed by atoms with van der Waals surface area (Å²) in [6, 6.07) is 0. The predicted molar refractivity (Wildman–Crippen MR) is 89.4 cm³/mol. The van der Waals surface area contributed by atoms with E-state index in [0.29, 0.717) is 13.1 Å². The van der Waals surface area contributed by atoms with Crippen LogP contribution < -0.4 is 5.73 Å². The van der Waals surface area contributed by atoms with Crippen LogP contribution in [0.15, 0.2) is 0 Å². The fourth-order valence-corrected chi connectivity index (χ4v) is 2.65. The van der Waals surface area contributed by atoms with Crippen LogP contribution in [0.25, 0.3) is 0 Å². The van der Waals surface area contributed by atoms with Gasteiger partial charge in [0, 0.05) is 6.42 Å². The molecule has 0 heterocycles. The summed E-state index contributed by atoms with van der Waals surface area (Å²) in [6.07, 6.45) is 15.5. The van der Waals surface area contributed by atoms with Crippen LogP contribution in [-0.2, 0) is 0 Å². The number of unbranched alkanes of at least 4 members (excludes halogenated alkanes) is 10. The van der Waals surface area contributed by atoms with Crippen molar-refractivity contribution in [3.8, 4) is 0 Å². The van der Waals surface area contributed by atoms with Crippen molar-refractivity contribution in [2.24, 2.45) is 5.73 Å². The molecule has 0 saturated carbocycles. The first-order valence-electron chi connectivity index (χ1n) is 8.88. The standard InChI is InChI=1S/C17H38N2O/c1-3-4-5-6-7-8-9-10-11-12-13-16-19(2,20)17-14-15-18/h3-18H2,1-2H3. The lowest BCUT2D eigenvalue weighted by Gasteiger charge is -2.38. The molecule has 0 saturated heterocycles. The highest BCUT2D eigenvalue weighted by Crippen LogP contribution is 2.12. The van der Waals surface area contributed by atoms with E-state index >= 15 is 0 Å². The Labute approximate surface area is 127 Å². The van der Waals surface area contributed by atoms with E-state index in [1.807, 2.05) is 0 Å². The lowest BCUT2D eigenvalue weighted by Crippen LogP contribution is -2.40. The Kier molecular flexibility index (Phi) is 13.8. The molecule has 0 radical (unpaired) electrons. The first kappa shape index (κ1) is 19.9. The van der Waals surface area contributed by atoms with Crippen LogP contribution in [0.3, 0.4) is 0 Å². The van der Waals surface area contributed by atoms with Crippen molar-refractivity contribution in [3.63, 3.8) is 0 Å². The number of hydroxylamine groups is 3. The molecule has 0 spiro atoms. The molecule has 0 fully saturated rings. The van der Waals surface area contributed by atoms with E-state index in [2.05, 4.69) is 6.92 Å². The van der Waals surface area contributed by atoms with Gasteiger partial charge >= 0.3 is 0 Å². The third-order valence-electron chi connectivity index (χ3n) is 4.07. The molecule has 3 nitrogen and oxygen atoms in total. The molecule has 0 aliphatic carbocycles. The minimum atomic E-state index is -0.103. The van der Waals surface area contributed by atoms with E-state index in [-0.39, 0.29) is 4.65 Å². The van der Waals surface area contributed by atoms with Gasteiger partial charge in [-0.15, -0.1) is 0 Å². The van der Waals surface area contributed by atoms with Crippen LogP contribution in [0.2, 0.25) is 0 Å². The fourth-order valence-electron chi connectivity index (χ4n) is 2.65. The van der Waals surface area contributed by atoms with E-state index in [4.69, 9.17) is 5.73 Å². The van der Waals surface area contributed by atoms with Crippen molar-refractivity contribution in [2.45, 2.75) is 84.0 Å². The first-order valence-corrected chi connectivity index (χ1v) is 8.88. The number of hydrogen-bond acceptors (Lipinski definition) is 2. The molecule has 0 rings (SSSR count). The monoisotopic (exact) mass is 286 g/mol. The molecule has 0 aromatic carbocycles. The smallest absolute Gasteiger partial charge is 0.0794 e. The molecular weight excluding hydrogens is 248 g/mol. The zero-order valence-electron chi connectivity index (χ0n) is 14.0. The van der Waals surface area contributed by atoms with Crippen LogP contribution >= 0.6 is 0 Å². The summed E-state index contributed by atoms with van der Waals surface area (Å²) in [5.41, 5.74) is 5.45. The highest BCUT2D eigenvalue weighted by molar-refractivity contribution is 4.49. The Morgan fingerprint density at radius 1 is 0.700 bits per heavy atom. The van der Waals surface area contributed by atoms with Gasteiger partial charge in [0.1, 0.15) is 0 Å². The molecule has 0 amide bonds. The van der Waals surface area contributed by atoms with E-state index in [9.17, 15) is 5.21 Å². The Hall–Kier alpha value is -0.120. The minimum Gasteiger partial charge on any atom is -0.633 e. The van der Waals surface area contributed by atoms with Gasteiger partial charge in [-0.1, -0.05) is 64.7 Å². The average molecular weight is 287 g/mol. The van der Waals surface area contributed by atoms with Crippen LogP contribution in [0.5, 0.6) is 0 Å². The van der Waals surface area contributed by atoms with Gasteiger partial charge < -0.3 is 15.6 Å². The Balaban J connectivity index is 3.20. The van der Waals surface area contributed by atoms with Gasteiger partial charge in [-0.25, -0.2) is 0 Å². The number of rotatable bonds is 15. The van der Waals surface area contributed by atoms with Crippen LogP contribution in [-0.4, -0.2) is 31.3 Å². The van der Waals surface area contributed by atoms with E-state index in [1.165, 1.54) is 64.2 Å². The van der Waals surface area contributed by atoms with Crippen molar-refractivity contribution >= 4 is 0 Å². The average Bonchev–Trinajstić information content (AvgIpc) is 2.42. The zero-order valence-corrected chi connectivity index (χ0v) is 14.0. The Morgan fingerprint density at radius 3 is 1.55 bits per heavy atom. The number of quaternary nitrogens is 1. The summed E-state index contributed by atoms with van der Waals surface area (Å²) >= 11 is 0. The first-order chi connectivity index (χ1) is 9.62. The molecule has 0 aliphatic heterocycles. The van der Waals surface area contributed by atoms with Crippen molar-refractivity contribution < 1.29 is 4.65 Å². The second-order valence-electron chi connectivity index (χ2n) is 6.42. The summed E-state index contributed by atoms with van der Waals surface area (Å²) in [7, 11) is 1.78. The van der Waals surface area contributed by atoms with Gasteiger partial charge in [0.15, 0.2) is 0 Å². The molecule has 1 atom stereocenters. The lowest BCUT2D eigenvalue weighted by atomic mass is 10.1. The third-order valence-corrected chi connectivity index (χ3v) is 4.07. The summed E-state index contributed by atoms with van der Waals surface area (Å²) in [4.78, 5) is 0. The minimum absolute atomic E-state index is 0.103. The Morgan fingerprint density at radius 2 is 1.10 bits per heavy atom. The normalized spacial score (nSPS) is 14.4. The molecule has 0 bridgehead atoms. The second-order valence-corrected chi connectivity index (χ2v) is 6.42. The summed E-state index contributed by atoms with van der Waals surface area (Å²) < 4.78 is -0.103. The zero-order chi connectivity index (χ0) is 15.1. The van der Waals surface area contributed by atoms with Crippen LogP contribution in [0.1, 0.15) is 84.0 Å². The summed E-state index contributed by atoms with van der Waals surface area (Å²) in [5, 5.41) is 12.0. The SMILES string of the molecule is CCCCCCCCCCCCC[N+](C)([O-])CCCN. The van der Waals surface area contributed by atoms with Crippen molar-refractivity contribution in [1.82, 2.24) is 0 Å². The van der Waals surface area contributed by atoms with Gasteiger partial charge in [-0.05, 0) is 19.4 Å². The van der Waals surface area contributed by atoms with Crippen LogP contribution in [0.4, 0.5) is 0 Å². The van der Waals surface area contributed by atoms with E-state index < -0.39 is 0 Å². The maximum absolute atomic E-state index is 12.0. The van der Waals surface area contributed by atoms with Crippen molar-refractivity contribution in [1.29, 1.82) is 0 Å². The topological polar surface area (TPSA) is 49.1 Å². The summed E-state index contributed by atoms with van der Waals surface area (Å²) in [5.74, 6) is 0. The lowest BCUT2D eigenvalue weighted by molar-refractivity contribution is -0.861. The van der Waals surface area contributed by atoms with E-state index in [1.54, 1.807) is 7.05 Å². The van der Waals surface area contributed by atoms with Gasteiger partial charge in [0.05, 0.1) is 20.1 Å². The Bertz CT molecular complexity index is 195. The number of nitrogens with two attached hydrogens (primary N) is 1. The quantitative estimate of drug-likeness (QED) is 0.272. The van der Waals surface area contributed by atoms with Crippen molar-refractivity contribution in [2.75, 3.05) is 26.7 Å². The molecule has 3 heteroatoms. The number of nitrogens with zero attached hydrogens (tertiary/aromatic N) is 1. The molecule has 0 aromatic rings. The molecular formula is C17H38N2O. The maximum atomic E-state index is 12.0. The highest BCUT2D eigenvalue weighted by atomic mass is 16.5. The fraction of sp³-hybridized carbons (Fsp3) is 1.00. The van der Waals surface area contributed by atoms with E-state index in [0.717, 1.165) is 19.4 Å². The van der Waals surface area contributed by atoms with Gasteiger partial charge in [0.25, 0.3) is 0 Å². The summed E-state index contributed by atoms with van der Waals surface area (Å²) in [6.45, 7) is 4.33. The third kappa shape index (κ3) is 14.3. The highest BCUT2D eigenvalue weighted by Gasteiger charge is 2.08. The van der Waals surface area contributed by atoms with Crippen molar-refractivity contribution in [3.05, 3.63) is 5.21 Å². The number of hydrogen-bond donors (Lipinski definition) is 1. The van der Waals surface area contributed by atoms with Gasteiger partial charge in [0.2, 0.25) is 0 Å². The predicted octanol–water partition coefficient (Wildman–Crippen LogP) is 4.59. The second kappa shape index (κ2) is 13.8. The maximum Gasteiger partial charge on any atom is 0.0794 e.